The van der Waals surface area contributed by atoms with E-state index in [9.17, 15) is 0 Å². The van der Waals surface area contributed by atoms with Crippen LogP contribution < -0.4 is 10.6 Å². The van der Waals surface area contributed by atoms with Crippen molar-refractivity contribution in [2.75, 3.05) is 27.2 Å². The number of aliphatic imine (C=N–C) groups is 1. The zero-order valence-electron chi connectivity index (χ0n) is 16.8. The molecule has 25 heavy (non-hydrogen) atoms. The van der Waals surface area contributed by atoms with Gasteiger partial charge in [-0.1, -0.05) is 19.8 Å². The molecule has 2 N–H and O–H groups in total. The second-order valence-corrected chi connectivity index (χ2v) is 8.91. The summed E-state index contributed by atoms with van der Waals surface area (Å²) in [5, 5.41) is 8.06. The molecule has 0 radical (unpaired) electrons. The quantitative estimate of drug-likeness (QED) is 0.600. The van der Waals surface area contributed by atoms with Gasteiger partial charge in [-0.25, -0.2) is 9.98 Å². The largest absolute Gasteiger partial charge is 0.357 e. The molecule has 1 heterocycles. The molecule has 1 saturated carbocycles. The van der Waals surface area contributed by atoms with Crippen molar-refractivity contribution in [1.82, 2.24) is 20.5 Å². The van der Waals surface area contributed by atoms with Crippen LogP contribution >= 0.6 is 11.3 Å². The van der Waals surface area contributed by atoms with Gasteiger partial charge in [-0.3, -0.25) is 0 Å². The van der Waals surface area contributed by atoms with Crippen molar-refractivity contribution < 1.29 is 0 Å². The van der Waals surface area contributed by atoms with E-state index >= 15 is 0 Å². The molecular formula is C19H35N5S. The number of nitrogens with one attached hydrogen (secondary N) is 2. The minimum atomic E-state index is 0.224. The van der Waals surface area contributed by atoms with Gasteiger partial charge in [-0.2, -0.15) is 0 Å². The molecule has 0 bridgehead atoms. The summed E-state index contributed by atoms with van der Waals surface area (Å²) in [6.07, 6.45) is 5.16. The molecule has 0 aromatic carbocycles. The number of aryl methyl sites for hydroxylation is 2. The van der Waals surface area contributed by atoms with Crippen LogP contribution in [0.4, 0.5) is 0 Å². The average molecular weight is 366 g/mol. The molecule has 1 fully saturated rings. The number of guanidine groups is 1. The smallest absolute Gasteiger partial charge is 0.191 e. The normalized spacial score (nSPS) is 24.6. The van der Waals surface area contributed by atoms with Crippen molar-refractivity contribution >= 4 is 17.3 Å². The van der Waals surface area contributed by atoms with Crippen molar-refractivity contribution in [2.45, 2.75) is 65.5 Å². The summed E-state index contributed by atoms with van der Waals surface area (Å²) in [6.45, 7) is 11.1. The Morgan fingerprint density at radius 3 is 2.68 bits per heavy atom. The number of rotatable bonds is 6. The van der Waals surface area contributed by atoms with Gasteiger partial charge in [0.05, 0.1) is 12.2 Å². The van der Waals surface area contributed by atoms with Crippen LogP contribution in [0.25, 0.3) is 0 Å². The molecule has 0 aliphatic heterocycles. The number of aromatic nitrogens is 1. The SMILES string of the molecule is CCNC(=NCc1nc(C)c(C)s1)NCC1(N(C)C)CCCC(C)C1. The average Bonchev–Trinajstić information content (AvgIpc) is 2.88. The third kappa shape index (κ3) is 5.42. The van der Waals surface area contributed by atoms with Crippen LogP contribution in [0.5, 0.6) is 0 Å². The molecule has 1 aromatic rings. The first kappa shape index (κ1) is 20.2. The molecule has 142 valence electrons. The van der Waals surface area contributed by atoms with Crippen molar-refractivity contribution in [3.63, 3.8) is 0 Å². The molecule has 1 aliphatic carbocycles. The maximum atomic E-state index is 4.76. The highest BCUT2D eigenvalue weighted by Gasteiger charge is 2.36. The molecule has 6 heteroatoms. The molecule has 0 spiro atoms. The molecule has 0 saturated heterocycles. The van der Waals surface area contributed by atoms with Gasteiger partial charge in [0.25, 0.3) is 0 Å². The Kier molecular flexibility index (Phi) is 7.25. The van der Waals surface area contributed by atoms with E-state index in [0.717, 1.165) is 35.7 Å². The fourth-order valence-electron chi connectivity index (χ4n) is 3.70. The van der Waals surface area contributed by atoms with Gasteiger partial charge < -0.3 is 15.5 Å². The minimum absolute atomic E-state index is 0.224. The summed E-state index contributed by atoms with van der Waals surface area (Å²) >= 11 is 1.74. The Bertz CT molecular complexity index is 561. The summed E-state index contributed by atoms with van der Waals surface area (Å²) in [5.74, 6) is 1.69. The van der Waals surface area contributed by atoms with Crippen LogP contribution in [-0.4, -0.2) is 48.6 Å². The van der Waals surface area contributed by atoms with Crippen molar-refractivity contribution in [2.24, 2.45) is 10.9 Å². The van der Waals surface area contributed by atoms with Crippen LogP contribution in [0.2, 0.25) is 0 Å². The molecule has 2 atom stereocenters. The second-order valence-electron chi connectivity index (χ2n) is 7.62. The second kappa shape index (κ2) is 8.99. The van der Waals surface area contributed by atoms with Gasteiger partial charge >= 0.3 is 0 Å². The molecule has 5 nitrogen and oxygen atoms in total. The highest BCUT2D eigenvalue weighted by molar-refractivity contribution is 7.11. The first-order valence-electron chi connectivity index (χ1n) is 9.49. The van der Waals surface area contributed by atoms with E-state index in [-0.39, 0.29) is 5.54 Å². The van der Waals surface area contributed by atoms with Crippen LogP contribution in [0.15, 0.2) is 4.99 Å². The maximum absolute atomic E-state index is 4.76. The van der Waals surface area contributed by atoms with Crippen LogP contribution in [0.3, 0.4) is 0 Å². The van der Waals surface area contributed by atoms with E-state index < -0.39 is 0 Å². The Balaban J connectivity index is 2.02. The minimum Gasteiger partial charge on any atom is -0.357 e. The third-order valence-corrected chi connectivity index (χ3v) is 6.45. The lowest BCUT2D eigenvalue weighted by Crippen LogP contribution is -2.56. The highest BCUT2D eigenvalue weighted by Crippen LogP contribution is 2.35. The molecule has 0 amide bonds. The van der Waals surface area contributed by atoms with E-state index in [1.54, 1.807) is 11.3 Å². The monoisotopic (exact) mass is 365 g/mol. The Morgan fingerprint density at radius 1 is 1.36 bits per heavy atom. The Hall–Kier alpha value is -1.14. The van der Waals surface area contributed by atoms with Gasteiger partial charge in [-0.15, -0.1) is 11.3 Å². The lowest BCUT2D eigenvalue weighted by Gasteiger charge is -2.45. The molecule has 1 aliphatic rings. The molecule has 1 aromatic heterocycles. The Morgan fingerprint density at radius 2 is 2.12 bits per heavy atom. The van der Waals surface area contributed by atoms with Gasteiger partial charge in [0.1, 0.15) is 5.01 Å². The predicted molar refractivity (Wildman–Crippen MR) is 108 cm³/mol. The number of likely N-dealkylation sites (N-methyl/N-ethyl adjacent to an activating group) is 1. The lowest BCUT2D eigenvalue weighted by atomic mass is 9.75. The zero-order chi connectivity index (χ0) is 18.4. The number of nitrogens with zero attached hydrogens (tertiary/aromatic N) is 3. The number of hydrogen-bond acceptors (Lipinski definition) is 4. The van der Waals surface area contributed by atoms with Gasteiger partial charge in [0.2, 0.25) is 0 Å². The van der Waals surface area contributed by atoms with E-state index in [0.29, 0.717) is 6.54 Å². The van der Waals surface area contributed by atoms with Crippen LogP contribution in [0.1, 0.15) is 55.1 Å². The van der Waals surface area contributed by atoms with Gasteiger partial charge in [0, 0.05) is 23.5 Å². The number of thiazole rings is 1. The summed E-state index contributed by atoms with van der Waals surface area (Å²) in [6, 6.07) is 0. The van der Waals surface area contributed by atoms with Crippen molar-refractivity contribution in [1.29, 1.82) is 0 Å². The van der Waals surface area contributed by atoms with E-state index in [2.05, 4.69) is 62.3 Å². The zero-order valence-corrected chi connectivity index (χ0v) is 17.6. The summed E-state index contributed by atoms with van der Waals surface area (Å²) in [4.78, 5) is 13.0. The summed E-state index contributed by atoms with van der Waals surface area (Å²) < 4.78 is 0. The van der Waals surface area contributed by atoms with E-state index in [4.69, 9.17) is 4.99 Å². The van der Waals surface area contributed by atoms with Crippen LogP contribution in [-0.2, 0) is 6.54 Å². The first-order chi connectivity index (χ1) is 11.9. The Labute approximate surface area is 157 Å². The standard InChI is InChI=1S/C19H35N5S/c1-7-20-18(21-12-17-23-15(3)16(4)25-17)22-13-19(24(5)6)10-8-9-14(2)11-19/h14H,7-13H2,1-6H3,(H2,20,21,22). The van der Waals surface area contributed by atoms with E-state index in [1.165, 1.54) is 30.6 Å². The van der Waals surface area contributed by atoms with Crippen LogP contribution in [0, 0.1) is 19.8 Å². The predicted octanol–water partition coefficient (Wildman–Crippen LogP) is 3.33. The lowest BCUT2D eigenvalue weighted by molar-refractivity contribution is 0.0795. The van der Waals surface area contributed by atoms with Gasteiger partial charge in [0.15, 0.2) is 5.96 Å². The molecule has 2 unspecified atom stereocenters. The topological polar surface area (TPSA) is 52.6 Å². The fraction of sp³-hybridized carbons (Fsp3) is 0.789. The first-order valence-corrected chi connectivity index (χ1v) is 10.3. The van der Waals surface area contributed by atoms with Crippen molar-refractivity contribution in [3.05, 3.63) is 15.6 Å². The summed E-state index contributed by atoms with van der Waals surface area (Å²) in [7, 11) is 4.43. The van der Waals surface area contributed by atoms with Crippen molar-refractivity contribution in [3.8, 4) is 0 Å². The number of hydrogen-bond donors (Lipinski definition) is 2. The van der Waals surface area contributed by atoms with Gasteiger partial charge in [-0.05, 0) is 53.6 Å². The molecular weight excluding hydrogens is 330 g/mol. The summed E-state index contributed by atoms with van der Waals surface area (Å²) in [5.41, 5.74) is 1.35. The molecule has 2 rings (SSSR count). The fourth-order valence-corrected chi connectivity index (χ4v) is 4.56. The third-order valence-electron chi connectivity index (χ3n) is 5.39. The maximum Gasteiger partial charge on any atom is 0.191 e. The highest BCUT2D eigenvalue weighted by atomic mass is 32.1. The van der Waals surface area contributed by atoms with E-state index in [1.807, 2.05) is 0 Å².